The molecular weight excluding hydrogens is 246 g/mol. The molecule has 0 spiro atoms. The van der Waals surface area contributed by atoms with Crippen LogP contribution in [0.2, 0.25) is 0 Å². The maximum Gasteiger partial charge on any atom is 0.240 e. The van der Waals surface area contributed by atoms with Gasteiger partial charge in [0.15, 0.2) is 0 Å². The topological polar surface area (TPSA) is 46.2 Å². The van der Waals surface area contributed by atoms with Gasteiger partial charge in [0.25, 0.3) is 0 Å². The third kappa shape index (κ3) is 5.02. The number of hydrogen-bond acceptors (Lipinski definition) is 2. The van der Waals surface area contributed by atoms with Gasteiger partial charge in [0, 0.05) is 6.54 Å². The molecule has 0 heterocycles. The fourth-order valence-corrected chi connectivity index (χ4v) is 2.59. The van der Waals surface area contributed by atoms with E-state index in [1.165, 1.54) is 0 Å². The molecule has 18 heavy (non-hydrogen) atoms. The van der Waals surface area contributed by atoms with E-state index in [1.807, 2.05) is 6.92 Å². The number of unbranched alkanes of at least 4 members (excludes halogenated alkanes) is 1. The molecule has 0 aromatic heterocycles. The van der Waals surface area contributed by atoms with Gasteiger partial charge in [-0.3, -0.25) is 0 Å². The van der Waals surface area contributed by atoms with Crippen LogP contribution in [0, 0.1) is 6.92 Å². The van der Waals surface area contributed by atoms with E-state index in [2.05, 4.69) is 23.8 Å². The van der Waals surface area contributed by atoms with E-state index >= 15 is 0 Å². The van der Waals surface area contributed by atoms with Crippen molar-refractivity contribution < 1.29 is 8.42 Å². The highest BCUT2D eigenvalue weighted by Gasteiger charge is 2.11. The predicted octanol–water partition coefficient (Wildman–Crippen LogP) is 3.02. The van der Waals surface area contributed by atoms with Crippen molar-refractivity contribution in [3.05, 3.63) is 42.0 Å². The number of aryl methyl sites for hydroxylation is 1. The van der Waals surface area contributed by atoms with Gasteiger partial charge in [-0.1, -0.05) is 36.8 Å². The van der Waals surface area contributed by atoms with Crippen molar-refractivity contribution in [1.82, 2.24) is 4.72 Å². The minimum Gasteiger partial charge on any atom is -0.211 e. The first-order valence-corrected chi connectivity index (χ1v) is 7.76. The predicted molar refractivity (Wildman–Crippen MR) is 75.0 cm³/mol. The van der Waals surface area contributed by atoms with Crippen LogP contribution in [0.15, 0.2) is 41.3 Å². The van der Waals surface area contributed by atoms with E-state index in [0.717, 1.165) is 24.8 Å². The number of benzene rings is 1. The summed E-state index contributed by atoms with van der Waals surface area (Å²) in [6.07, 6.45) is 6.93. The summed E-state index contributed by atoms with van der Waals surface area (Å²) in [5.74, 6) is 0. The molecule has 100 valence electrons. The van der Waals surface area contributed by atoms with Gasteiger partial charge in [0.1, 0.15) is 0 Å². The fourth-order valence-electron chi connectivity index (χ4n) is 1.51. The number of allylic oxidation sites excluding steroid dienone is 2. The van der Waals surface area contributed by atoms with Crippen molar-refractivity contribution in [2.45, 2.75) is 38.0 Å². The second-order valence-electron chi connectivity index (χ2n) is 4.23. The van der Waals surface area contributed by atoms with Crippen LogP contribution in [0.25, 0.3) is 0 Å². The Kier molecular flexibility index (Phi) is 6.09. The Labute approximate surface area is 110 Å². The first-order valence-electron chi connectivity index (χ1n) is 6.27. The lowest BCUT2D eigenvalue weighted by molar-refractivity contribution is 0.579. The molecule has 1 aromatic rings. The minimum absolute atomic E-state index is 0.331. The Morgan fingerprint density at radius 2 is 1.83 bits per heavy atom. The van der Waals surface area contributed by atoms with E-state index < -0.39 is 10.0 Å². The van der Waals surface area contributed by atoms with Gasteiger partial charge in [-0.25, -0.2) is 13.1 Å². The third-order valence-corrected chi connectivity index (χ3v) is 4.05. The first kappa shape index (κ1) is 14.9. The molecule has 0 aliphatic heterocycles. The van der Waals surface area contributed by atoms with Crippen molar-refractivity contribution in [2.24, 2.45) is 0 Å². The molecule has 1 aromatic carbocycles. The molecule has 0 bridgehead atoms. The van der Waals surface area contributed by atoms with Crippen molar-refractivity contribution >= 4 is 10.0 Å². The van der Waals surface area contributed by atoms with Crippen LogP contribution in [0.3, 0.4) is 0 Å². The second kappa shape index (κ2) is 7.34. The van der Waals surface area contributed by atoms with Crippen molar-refractivity contribution in [1.29, 1.82) is 0 Å². The highest BCUT2D eigenvalue weighted by Crippen LogP contribution is 2.09. The Hall–Kier alpha value is -1.13. The van der Waals surface area contributed by atoms with Crippen molar-refractivity contribution in [3.63, 3.8) is 0 Å². The molecular formula is C14H21NO2S. The molecule has 4 heteroatoms. The molecule has 0 saturated carbocycles. The first-order chi connectivity index (χ1) is 8.56. The molecule has 0 saturated heterocycles. The maximum absolute atomic E-state index is 11.9. The zero-order chi connectivity index (χ0) is 13.4. The zero-order valence-electron chi connectivity index (χ0n) is 11.0. The van der Waals surface area contributed by atoms with Gasteiger partial charge in [0.2, 0.25) is 10.0 Å². The SMILES string of the molecule is CCC=CCCCNS(=O)(=O)c1ccc(C)cc1. The smallest absolute Gasteiger partial charge is 0.211 e. The van der Waals surface area contributed by atoms with Crippen LogP contribution >= 0.6 is 0 Å². The highest BCUT2D eigenvalue weighted by atomic mass is 32.2. The molecule has 0 radical (unpaired) electrons. The van der Waals surface area contributed by atoms with Gasteiger partial charge in [-0.05, 0) is 38.3 Å². The van der Waals surface area contributed by atoms with Crippen LogP contribution in [-0.2, 0) is 10.0 Å². The normalized spacial score (nSPS) is 12.1. The Morgan fingerprint density at radius 1 is 1.17 bits per heavy atom. The van der Waals surface area contributed by atoms with Gasteiger partial charge in [-0.15, -0.1) is 0 Å². The number of sulfonamides is 1. The molecule has 3 nitrogen and oxygen atoms in total. The maximum atomic E-state index is 11.9. The monoisotopic (exact) mass is 267 g/mol. The summed E-state index contributed by atoms with van der Waals surface area (Å²) in [5, 5.41) is 0. The van der Waals surface area contributed by atoms with E-state index in [-0.39, 0.29) is 0 Å². The molecule has 0 aliphatic rings. The summed E-state index contributed by atoms with van der Waals surface area (Å²) in [6, 6.07) is 6.88. The van der Waals surface area contributed by atoms with E-state index in [0.29, 0.717) is 11.4 Å². The van der Waals surface area contributed by atoms with E-state index in [4.69, 9.17) is 0 Å². The molecule has 0 fully saturated rings. The fraction of sp³-hybridized carbons (Fsp3) is 0.429. The number of rotatable bonds is 7. The molecule has 0 unspecified atom stereocenters. The average Bonchev–Trinajstić information content (AvgIpc) is 2.34. The Morgan fingerprint density at radius 3 is 2.44 bits per heavy atom. The molecule has 0 amide bonds. The summed E-state index contributed by atoms with van der Waals surface area (Å²) in [7, 11) is -3.34. The Bertz CT molecular complexity index is 475. The van der Waals surface area contributed by atoms with Crippen LogP contribution in [0.4, 0.5) is 0 Å². The van der Waals surface area contributed by atoms with Gasteiger partial charge in [0.05, 0.1) is 4.90 Å². The second-order valence-corrected chi connectivity index (χ2v) is 6.00. The van der Waals surface area contributed by atoms with E-state index in [1.54, 1.807) is 24.3 Å². The molecule has 1 N–H and O–H groups in total. The summed E-state index contributed by atoms with van der Waals surface area (Å²) in [6.45, 7) is 4.49. The van der Waals surface area contributed by atoms with Crippen LogP contribution in [0.1, 0.15) is 31.7 Å². The lowest BCUT2D eigenvalue weighted by Gasteiger charge is -2.06. The summed E-state index contributed by atoms with van der Waals surface area (Å²) < 4.78 is 26.4. The molecule has 0 aliphatic carbocycles. The Balaban J connectivity index is 2.45. The highest BCUT2D eigenvalue weighted by molar-refractivity contribution is 7.89. The van der Waals surface area contributed by atoms with Crippen molar-refractivity contribution in [3.8, 4) is 0 Å². The van der Waals surface area contributed by atoms with Crippen molar-refractivity contribution in [2.75, 3.05) is 6.54 Å². The largest absolute Gasteiger partial charge is 0.240 e. The van der Waals surface area contributed by atoms with Gasteiger partial charge in [-0.2, -0.15) is 0 Å². The zero-order valence-corrected chi connectivity index (χ0v) is 11.8. The number of nitrogens with one attached hydrogen (secondary N) is 1. The summed E-state index contributed by atoms with van der Waals surface area (Å²) in [5.41, 5.74) is 1.05. The van der Waals surface area contributed by atoms with Crippen LogP contribution < -0.4 is 4.72 Å². The minimum atomic E-state index is -3.34. The third-order valence-electron chi connectivity index (χ3n) is 2.57. The van der Waals surface area contributed by atoms with Gasteiger partial charge < -0.3 is 0 Å². The van der Waals surface area contributed by atoms with Crippen LogP contribution in [0.5, 0.6) is 0 Å². The lowest BCUT2D eigenvalue weighted by Crippen LogP contribution is -2.24. The standard InChI is InChI=1S/C14H21NO2S/c1-3-4-5-6-7-12-15-18(16,17)14-10-8-13(2)9-11-14/h4-5,8-11,15H,3,6-7,12H2,1-2H3. The van der Waals surface area contributed by atoms with Gasteiger partial charge >= 0.3 is 0 Å². The molecule has 1 rings (SSSR count). The quantitative estimate of drug-likeness (QED) is 0.609. The lowest BCUT2D eigenvalue weighted by atomic mass is 10.2. The summed E-state index contributed by atoms with van der Waals surface area (Å²) in [4.78, 5) is 0.331. The van der Waals surface area contributed by atoms with E-state index in [9.17, 15) is 8.42 Å². The van der Waals surface area contributed by atoms with Crippen LogP contribution in [-0.4, -0.2) is 15.0 Å². The molecule has 0 atom stereocenters. The average molecular weight is 267 g/mol. The number of hydrogen-bond donors (Lipinski definition) is 1. The summed E-state index contributed by atoms with van der Waals surface area (Å²) >= 11 is 0.